The molecule has 2 bridgehead atoms. The summed E-state index contributed by atoms with van der Waals surface area (Å²) in [6, 6.07) is 0.211. The molecule has 6 nitrogen and oxygen atoms in total. The molecule has 3 fully saturated rings. The predicted molar refractivity (Wildman–Crippen MR) is 64.4 cm³/mol. The van der Waals surface area contributed by atoms with Gasteiger partial charge in [-0.1, -0.05) is 0 Å². The second-order valence-electron chi connectivity index (χ2n) is 5.78. The molecule has 0 aromatic heterocycles. The topological polar surface area (TPSA) is 87.1 Å². The number of nitrogens with zero attached hydrogens (tertiary/aromatic N) is 1. The first-order chi connectivity index (χ1) is 9.06. The normalized spacial score (nSPS) is 41.5. The second-order valence-corrected chi connectivity index (χ2v) is 5.78. The van der Waals surface area contributed by atoms with E-state index >= 15 is 0 Å². The van der Waals surface area contributed by atoms with Gasteiger partial charge in [-0.3, -0.25) is 4.79 Å². The van der Waals surface area contributed by atoms with Crippen LogP contribution < -0.4 is 0 Å². The lowest BCUT2D eigenvalue weighted by Crippen LogP contribution is -2.51. The van der Waals surface area contributed by atoms with E-state index < -0.39 is 18.2 Å². The Morgan fingerprint density at radius 3 is 2.11 bits per heavy atom. The van der Waals surface area contributed by atoms with Crippen molar-refractivity contribution in [3.63, 3.8) is 0 Å². The summed E-state index contributed by atoms with van der Waals surface area (Å²) in [6.07, 6.45) is 2.25. The maximum Gasteiger partial charge on any atom is 0.332 e. The van der Waals surface area contributed by atoms with Crippen molar-refractivity contribution >= 4 is 11.9 Å². The first-order valence-corrected chi connectivity index (χ1v) is 6.94. The van der Waals surface area contributed by atoms with Crippen molar-refractivity contribution in [1.82, 2.24) is 4.90 Å². The molecule has 2 N–H and O–H groups in total. The Hall–Kier alpha value is -1.14. The number of amides is 1. The Morgan fingerprint density at radius 2 is 1.58 bits per heavy atom. The molecule has 0 aromatic carbocycles. The molecule has 3 heterocycles. The molecule has 3 saturated heterocycles. The molecule has 106 valence electrons. The average Bonchev–Trinajstić information content (AvgIpc) is 2.93. The van der Waals surface area contributed by atoms with Gasteiger partial charge in [-0.15, -0.1) is 0 Å². The van der Waals surface area contributed by atoms with Crippen LogP contribution in [0.3, 0.4) is 0 Å². The molecule has 0 radical (unpaired) electrons. The highest BCUT2D eigenvalue weighted by atomic mass is 16.5. The molecule has 0 saturated carbocycles. The predicted octanol–water partition coefficient (Wildman–Crippen LogP) is 0.133. The summed E-state index contributed by atoms with van der Waals surface area (Å²) >= 11 is 0. The molecular formula is C13H19NO5. The molecule has 4 atom stereocenters. The molecule has 19 heavy (non-hydrogen) atoms. The van der Waals surface area contributed by atoms with E-state index in [0.29, 0.717) is 25.7 Å². The minimum Gasteiger partial charge on any atom is -0.479 e. The summed E-state index contributed by atoms with van der Waals surface area (Å²) in [6.45, 7) is 0. The number of hydrogen-bond acceptors (Lipinski definition) is 4. The highest BCUT2D eigenvalue weighted by Gasteiger charge is 2.46. The monoisotopic (exact) mass is 269 g/mol. The van der Waals surface area contributed by atoms with Gasteiger partial charge in [0.05, 0.1) is 6.10 Å². The lowest BCUT2D eigenvalue weighted by Gasteiger charge is -2.38. The van der Waals surface area contributed by atoms with Crippen LogP contribution in [-0.2, 0) is 14.3 Å². The highest BCUT2D eigenvalue weighted by Crippen LogP contribution is 2.37. The Morgan fingerprint density at radius 1 is 1.00 bits per heavy atom. The molecule has 2 unspecified atom stereocenters. The first-order valence-electron chi connectivity index (χ1n) is 6.94. The zero-order valence-corrected chi connectivity index (χ0v) is 10.7. The summed E-state index contributed by atoms with van der Waals surface area (Å²) < 4.78 is 5.34. The largest absolute Gasteiger partial charge is 0.479 e. The van der Waals surface area contributed by atoms with Crippen molar-refractivity contribution in [3.8, 4) is 0 Å². The Balaban J connectivity index is 1.67. The molecular weight excluding hydrogens is 250 g/mol. The van der Waals surface area contributed by atoms with Gasteiger partial charge >= 0.3 is 5.97 Å². The number of hydrogen-bond donors (Lipinski definition) is 2. The van der Waals surface area contributed by atoms with Crippen LogP contribution in [0.5, 0.6) is 0 Å². The standard InChI is InChI=1S/C13H19NO5/c15-9-5-7-1-2-8(6-9)14(7)12(16)10-3-4-11(19-10)13(17)18/h7-11,15H,1-6H2,(H,17,18)/t7?,8?,9?,10-,11+/m0/s1. The number of ether oxygens (including phenoxy) is 1. The molecule has 3 aliphatic rings. The number of carbonyl (C=O) groups is 2. The van der Waals surface area contributed by atoms with Crippen LogP contribution >= 0.6 is 0 Å². The fourth-order valence-electron chi connectivity index (χ4n) is 3.67. The number of piperidine rings is 1. The maximum absolute atomic E-state index is 12.5. The summed E-state index contributed by atoms with van der Waals surface area (Å²) in [5, 5.41) is 18.6. The molecule has 0 aromatic rings. The third kappa shape index (κ3) is 2.23. The van der Waals surface area contributed by atoms with E-state index in [1.54, 1.807) is 0 Å². The molecule has 6 heteroatoms. The number of carboxylic acids is 1. The van der Waals surface area contributed by atoms with Crippen molar-refractivity contribution in [2.24, 2.45) is 0 Å². The first kappa shape index (κ1) is 12.9. The van der Waals surface area contributed by atoms with Gasteiger partial charge in [0, 0.05) is 12.1 Å². The number of carboxylic acid groups (broad SMARTS) is 1. The number of fused-ring (bicyclic) bond motifs is 2. The fraction of sp³-hybridized carbons (Fsp3) is 0.846. The van der Waals surface area contributed by atoms with E-state index in [1.807, 2.05) is 4.90 Å². The van der Waals surface area contributed by atoms with Crippen LogP contribution in [0.2, 0.25) is 0 Å². The Bertz CT molecular complexity index is 384. The van der Waals surface area contributed by atoms with Crippen molar-refractivity contribution in [3.05, 3.63) is 0 Å². The smallest absolute Gasteiger partial charge is 0.332 e. The van der Waals surface area contributed by atoms with Gasteiger partial charge in [0.15, 0.2) is 6.10 Å². The van der Waals surface area contributed by atoms with Crippen LogP contribution in [-0.4, -0.2) is 57.4 Å². The fourth-order valence-corrected chi connectivity index (χ4v) is 3.67. The van der Waals surface area contributed by atoms with Crippen LogP contribution in [0.4, 0.5) is 0 Å². The van der Waals surface area contributed by atoms with Crippen LogP contribution in [0.25, 0.3) is 0 Å². The van der Waals surface area contributed by atoms with Gasteiger partial charge in [-0.05, 0) is 38.5 Å². The summed E-state index contributed by atoms with van der Waals surface area (Å²) in [4.78, 5) is 25.2. The molecule has 1 amide bonds. The zero-order valence-electron chi connectivity index (χ0n) is 10.7. The van der Waals surface area contributed by atoms with E-state index in [9.17, 15) is 14.7 Å². The Labute approximate surface area is 111 Å². The van der Waals surface area contributed by atoms with Gasteiger partial charge < -0.3 is 19.8 Å². The van der Waals surface area contributed by atoms with E-state index in [-0.39, 0.29) is 24.1 Å². The van der Waals surface area contributed by atoms with Gasteiger partial charge in [0.1, 0.15) is 6.10 Å². The molecule has 0 spiro atoms. The van der Waals surface area contributed by atoms with Crippen molar-refractivity contribution < 1.29 is 24.5 Å². The van der Waals surface area contributed by atoms with E-state index in [1.165, 1.54) is 0 Å². The lowest BCUT2D eigenvalue weighted by atomic mass is 9.99. The maximum atomic E-state index is 12.5. The molecule has 3 aliphatic heterocycles. The van der Waals surface area contributed by atoms with Gasteiger partial charge in [0.2, 0.25) is 0 Å². The summed E-state index contributed by atoms with van der Waals surface area (Å²) in [5.74, 6) is -1.07. The van der Waals surface area contributed by atoms with Gasteiger partial charge in [0.25, 0.3) is 5.91 Å². The molecule has 3 rings (SSSR count). The second kappa shape index (κ2) is 4.76. The zero-order chi connectivity index (χ0) is 13.6. The number of aliphatic carboxylic acids is 1. The summed E-state index contributed by atoms with van der Waals surface area (Å²) in [7, 11) is 0. The van der Waals surface area contributed by atoms with Crippen LogP contribution in [0.15, 0.2) is 0 Å². The summed E-state index contributed by atoms with van der Waals surface area (Å²) in [5.41, 5.74) is 0. The average molecular weight is 269 g/mol. The van der Waals surface area contributed by atoms with Crippen LogP contribution in [0.1, 0.15) is 38.5 Å². The molecule has 0 aliphatic carbocycles. The Kier molecular flexibility index (Phi) is 3.22. The SMILES string of the molecule is O=C(O)[C@H]1CC[C@@H](C(=O)N2C3CCC2CC(O)C3)O1. The quantitative estimate of drug-likeness (QED) is 0.744. The van der Waals surface area contributed by atoms with Crippen molar-refractivity contribution in [2.45, 2.75) is 68.9 Å². The van der Waals surface area contributed by atoms with Crippen molar-refractivity contribution in [2.75, 3.05) is 0 Å². The minimum atomic E-state index is -0.993. The van der Waals surface area contributed by atoms with E-state index in [2.05, 4.69) is 0 Å². The van der Waals surface area contributed by atoms with Gasteiger partial charge in [-0.2, -0.15) is 0 Å². The van der Waals surface area contributed by atoms with Crippen LogP contribution in [0, 0.1) is 0 Å². The highest BCUT2D eigenvalue weighted by molar-refractivity contribution is 5.83. The third-order valence-electron chi connectivity index (χ3n) is 4.53. The number of aliphatic hydroxyl groups is 1. The number of carbonyl (C=O) groups excluding carboxylic acids is 1. The van der Waals surface area contributed by atoms with E-state index in [0.717, 1.165) is 12.8 Å². The number of aliphatic hydroxyl groups excluding tert-OH is 1. The number of rotatable bonds is 2. The third-order valence-corrected chi connectivity index (χ3v) is 4.53. The van der Waals surface area contributed by atoms with Gasteiger partial charge in [-0.25, -0.2) is 4.79 Å². The lowest BCUT2D eigenvalue weighted by molar-refractivity contribution is -0.157. The van der Waals surface area contributed by atoms with E-state index in [4.69, 9.17) is 9.84 Å². The van der Waals surface area contributed by atoms with Crippen molar-refractivity contribution in [1.29, 1.82) is 0 Å². The minimum absolute atomic E-state index is 0.0804.